The van der Waals surface area contributed by atoms with Crippen molar-refractivity contribution in [2.45, 2.75) is 6.61 Å². The van der Waals surface area contributed by atoms with Crippen molar-refractivity contribution in [2.24, 2.45) is 0 Å². The van der Waals surface area contributed by atoms with Crippen LogP contribution in [-0.2, 0) is 11.4 Å². The highest BCUT2D eigenvalue weighted by Gasteiger charge is 2.04. The fourth-order valence-electron chi connectivity index (χ4n) is 1.68. The van der Waals surface area contributed by atoms with E-state index in [9.17, 15) is 4.79 Å². The van der Waals surface area contributed by atoms with Gasteiger partial charge in [0.2, 0.25) is 0 Å². The number of aliphatic carboxylic acids is 1. The SMILES string of the molecule is O=C(O)C=Cc1ccc(OCc2ccccc2Cl)c(Br)c1. The number of rotatable bonds is 5. The molecule has 0 aliphatic rings. The lowest BCUT2D eigenvalue weighted by atomic mass is 10.2. The van der Waals surface area contributed by atoms with Crippen LogP contribution >= 0.6 is 27.5 Å². The van der Waals surface area contributed by atoms with E-state index < -0.39 is 5.97 Å². The first-order valence-electron chi connectivity index (χ1n) is 6.13. The normalized spacial score (nSPS) is 10.8. The molecule has 2 aromatic rings. The third kappa shape index (κ3) is 4.62. The molecule has 1 N–H and O–H groups in total. The van der Waals surface area contributed by atoms with E-state index in [1.54, 1.807) is 18.2 Å². The van der Waals surface area contributed by atoms with Crippen molar-refractivity contribution >= 4 is 39.6 Å². The molecule has 0 aromatic heterocycles. The maximum absolute atomic E-state index is 10.5. The van der Waals surface area contributed by atoms with Gasteiger partial charge in [0, 0.05) is 16.7 Å². The van der Waals surface area contributed by atoms with Crippen LogP contribution in [0.4, 0.5) is 0 Å². The summed E-state index contributed by atoms with van der Waals surface area (Å²) in [4.78, 5) is 10.5. The molecule has 2 aromatic carbocycles. The second-order valence-electron chi connectivity index (χ2n) is 4.24. The molecule has 0 bridgehead atoms. The Balaban J connectivity index is 2.08. The largest absolute Gasteiger partial charge is 0.488 e. The maximum Gasteiger partial charge on any atom is 0.328 e. The lowest BCUT2D eigenvalue weighted by molar-refractivity contribution is -0.131. The second kappa shape index (κ2) is 7.29. The Hall–Kier alpha value is -1.78. The van der Waals surface area contributed by atoms with Gasteiger partial charge in [-0.1, -0.05) is 35.9 Å². The van der Waals surface area contributed by atoms with E-state index in [0.717, 1.165) is 21.7 Å². The summed E-state index contributed by atoms with van der Waals surface area (Å²) < 4.78 is 6.46. The monoisotopic (exact) mass is 366 g/mol. The van der Waals surface area contributed by atoms with Crippen LogP contribution in [0.1, 0.15) is 11.1 Å². The first-order valence-corrected chi connectivity index (χ1v) is 7.30. The van der Waals surface area contributed by atoms with Gasteiger partial charge in [-0.15, -0.1) is 0 Å². The minimum absolute atomic E-state index is 0.364. The number of hydrogen-bond acceptors (Lipinski definition) is 2. The number of benzene rings is 2. The Bertz CT molecular complexity index is 683. The highest BCUT2D eigenvalue weighted by atomic mass is 79.9. The van der Waals surface area contributed by atoms with Gasteiger partial charge in [-0.3, -0.25) is 0 Å². The molecular weight excluding hydrogens is 356 g/mol. The van der Waals surface area contributed by atoms with E-state index in [2.05, 4.69) is 15.9 Å². The van der Waals surface area contributed by atoms with Crippen molar-refractivity contribution < 1.29 is 14.6 Å². The van der Waals surface area contributed by atoms with Crippen LogP contribution < -0.4 is 4.74 Å². The molecule has 2 rings (SSSR count). The highest BCUT2D eigenvalue weighted by Crippen LogP contribution is 2.28. The molecule has 0 fully saturated rings. The third-order valence-corrected chi connectivity index (χ3v) is 3.70. The molecule has 0 atom stereocenters. The lowest BCUT2D eigenvalue weighted by Crippen LogP contribution is -1.97. The van der Waals surface area contributed by atoms with Crippen molar-refractivity contribution in [3.8, 4) is 5.75 Å². The zero-order chi connectivity index (χ0) is 15.2. The van der Waals surface area contributed by atoms with Crippen LogP contribution in [0.5, 0.6) is 5.75 Å². The minimum atomic E-state index is -0.981. The fraction of sp³-hybridized carbons (Fsp3) is 0.0625. The summed E-state index contributed by atoms with van der Waals surface area (Å²) in [5.41, 5.74) is 1.68. The van der Waals surface area contributed by atoms with Crippen LogP contribution in [0.15, 0.2) is 53.0 Å². The average Bonchev–Trinajstić information content (AvgIpc) is 2.45. The van der Waals surface area contributed by atoms with Gasteiger partial charge in [-0.05, 0) is 45.8 Å². The van der Waals surface area contributed by atoms with Gasteiger partial charge >= 0.3 is 5.97 Å². The van der Waals surface area contributed by atoms with Crippen molar-refractivity contribution in [2.75, 3.05) is 0 Å². The molecule has 3 nitrogen and oxygen atoms in total. The zero-order valence-corrected chi connectivity index (χ0v) is 13.3. The topological polar surface area (TPSA) is 46.5 Å². The third-order valence-electron chi connectivity index (χ3n) is 2.72. The van der Waals surface area contributed by atoms with Crippen LogP contribution in [0.2, 0.25) is 5.02 Å². The van der Waals surface area contributed by atoms with Gasteiger partial charge < -0.3 is 9.84 Å². The average molecular weight is 368 g/mol. The number of carbonyl (C=O) groups is 1. The Morgan fingerprint density at radius 1 is 1.29 bits per heavy atom. The van der Waals surface area contributed by atoms with Crippen molar-refractivity contribution in [1.82, 2.24) is 0 Å². The van der Waals surface area contributed by atoms with Gasteiger partial charge in [0.25, 0.3) is 0 Å². The smallest absolute Gasteiger partial charge is 0.328 e. The second-order valence-corrected chi connectivity index (χ2v) is 5.50. The Kier molecular flexibility index (Phi) is 5.42. The number of carboxylic acid groups (broad SMARTS) is 1. The Labute approximate surface area is 135 Å². The summed E-state index contributed by atoms with van der Waals surface area (Å²) in [6.07, 6.45) is 2.61. The molecule has 0 heterocycles. The molecule has 0 aliphatic heterocycles. The molecule has 0 amide bonds. The van der Waals surface area contributed by atoms with E-state index in [1.807, 2.05) is 24.3 Å². The predicted octanol–water partition coefficient (Wildman–Crippen LogP) is 4.78. The number of ether oxygens (including phenoxy) is 1. The summed E-state index contributed by atoms with van der Waals surface area (Å²) in [5.74, 6) is -0.312. The van der Waals surface area contributed by atoms with E-state index in [4.69, 9.17) is 21.4 Å². The number of hydrogen-bond donors (Lipinski definition) is 1. The maximum atomic E-state index is 10.5. The summed E-state index contributed by atoms with van der Waals surface area (Å²) in [6.45, 7) is 0.364. The zero-order valence-electron chi connectivity index (χ0n) is 10.9. The standard InChI is InChI=1S/C16H12BrClO3/c17-13-9-11(6-8-16(19)20)5-7-15(13)21-10-12-3-1-2-4-14(12)18/h1-9H,10H2,(H,19,20). The summed E-state index contributed by atoms with van der Waals surface area (Å²) in [6, 6.07) is 12.8. The lowest BCUT2D eigenvalue weighted by Gasteiger charge is -2.10. The van der Waals surface area contributed by atoms with Crippen molar-refractivity contribution in [1.29, 1.82) is 0 Å². The van der Waals surface area contributed by atoms with Crippen LogP contribution in [0.25, 0.3) is 6.08 Å². The Morgan fingerprint density at radius 2 is 2.05 bits per heavy atom. The van der Waals surface area contributed by atoms with E-state index >= 15 is 0 Å². The van der Waals surface area contributed by atoms with E-state index in [1.165, 1.54) is 6.08 Å². The molecule has 0 spiro atoms. The van der Waals surface area contributed by atoms with E-state index in [-0.39, 0.29) is 0 Å². The van der Waals surface area contributed by atoms with Crippen LogP contribution in [0.3, 0.4) is 0 Å². The van der Waals surface area contributed by atoms with Gasteiger partial charge in [-0.2, -0.15) is 0 Å². The summed E-state index contributed by atoms with van der Waals surface area (Å²) in [5, 5.41) is 9.26. The molecule has 108 valence electrons. The number of carboxylic acids is 1. The molecular formula is C16H12BrClO3. The molecule has 0 saturated heterocycles. The highest BCUT2D eigenvalue weighted by molar-refractivity contribution is 9.10. The molecule has 5 heteroatoms. The van der Waals surface area contributed by atoms with Gasteiger partial charge in [0.15, 0.2) is 0 Å². The molecule has 0 aliphatic carbocycles. The summed E-state index contributed by atoms with van der Waals surface area (Å²) >= 11 is 9.48. The minimum Gasteiger partial charge on any atom is -0.488 e. The molecule has 21 heavy (non-hydrogen) atoms. The molecule has 0 saturated carbocycles. The number of halogens is 2. The van der Waals surface area contributed by atoms with Crippen molar-refractivity contribution in [3.63, 3.8) is 0 Å². The molecule has 0 radical (unpaired) electrons. The van der Waals surface area contributed by atoms with Crippen LogP contribution in [0, 0.1) is 0 Å². The fourth-order valence-corrected chi connectivity index (χ4v) is 2.38. The van der Waals surface area contributed by atoms with Gasteiger partial charge in [0.05, 0.1) is 4.47 Å². The first-order chi connectivity index (χ1) is 10.1. The van der Waals surface area contributed by atoms with Gasteiger partial charge in [0.1, 0.15) is 12.4 Å². The van der Waals surface area contributed by atoms with Gasteiger partial charge in [-0.25, -0.2) is 4.79 Å². The molecule has 0 unspecified atom stereocenters. The van der Waals surface area contributed by atoms with E-state index in [0.29, 0.717) is 17.4 Å². The summed E-state index contributed by atoms with van der Waals surface area (Å²) in [7, 11) is 0. The quantitative estimate of drug-likeness (QED) is 0.774. The Morgan fingerprint density at radius 3 is 2.71 bits per heavy atom. The predicted molar refractivity (Wildman–Crippen MR) is 86.6 cm³/mol. The van der Waals surface area contributed by atoms with Crippen molar-refractivity contribution in [3.05, 3.63) is 69.2 Å². The first kappa shape index (κ1) is 15.6. The van der Waals surface area contributed by atoms with Crippen LogP contribution in [-0.4, -0.2) is 11.1 Å².